The van der Waals surface area contributed by atoms with Crippen molar-refractivity contribution in [3.63, 3.8) is 0 Å². The summed E-state index contributed by atoms with van der Waals surface area (Å²) in [6.45, 7) is 1.30. The van der Waals surface area contributed by atoms with E-state index in [0.29, 0.717) is 18.8 Å². The van der Waals surface area contributed by atoms with E-state index in [1.54, 1.807) is 6.07 Å². The summed E-state index contributed by atoms with van der Waals surface area (Å²) in [6.07, 6.45) is 3.07. The Morgan fingerprint density at radius 1 is 1.12 bits per heavy atom. The van der Waals surface area contributed by atoms with Gasteiger partial charge in [0.15, 0.2) is 0 Å². The van der Waals surface area contributed by atoms with E-state index < -0.39 is 0 Å². The minimum Gasteiger partial charge on any atom is -0.351 e. The third-order valence-electron chi connectivity index (χ3n) is 4.51. The molecule has 4 rings (SSSR count). The number of amides is 1. The summed E-state index contributed by atoms with van der Waals surface area (Å²) in [5, 5.41) is 8.33. The van der Waals surface area contributed by atoms with E-state index in [9.17, 15) is 4.79 Å². The zero-order valence-electron chi connectivity index (χ0n) is 13.5. The van der Waals surface area contributed by atoms with Gasteiger partial charge in [-0.2, -0.15) is 5.10 Å². The van der Waals surface area contributed by atoms with Crippen LogP contribution in [-0.4, -0.2) is 38.8 Å². The highest BCUT2D eigenvalue weighted by atomic mass is 16.5. The molecule has 0 spiro atoms. The lowest BCUT2D eigenvalue weighted by molar-refractivity contribution is 0.0720. The summed E-state index contributed by atoms with van der Waals surface area (Å²) < 4.78 is 6.95. The van der Waals surface area contributed by atoms with Gasteiger partial charge in [0.25, 0.3) is 5.91 Å². The van der Waals surface area contributed by atoms with Crippen molar-refractivity contribution in [2.45, 2.75) is 12.8 Å². The van der Waals surface area contributed by atoms with Crippen LogP contribution in [-0.2, 0) is 19.9 Å². The number of fused-ring (bicyclic) bond motifs is 1. The van der Waals surface area contributed by atoms with E-state index in [4.69, 9.17) is 9.62 Å². The van der Waals surface area contributed by atoms with Crippen molar-refractivity contribution < 1.29 is 9.32 Å². The van der Waals surface area contributed by atoms with Crippen molar-refractivity contribution >= 4 is 5.91 Å². The molecule has 0 saturated heterocycles. The number of benzene rings is 1. The van der Waals surface area contributed by atoms with Crippen LogP contribution in [0.1, 0.15) is 21.8 Å². The fourth-order valence-corrected chi connectivity index (χ4v) is 3.29. The third-order valence-corrected chi connectivity index (χ3v) is 4.51. The minimum atomic E-state index is -0.102. The first kappa shape index (κ1) is 14.7. The van der Waals surface area contributed by atoms with Gasteiger partial charge < -0.3 is 9.42 Å². The molecule has 1 amide bonds. The largest absolute Gasteiger partial charge is 0.351 e. The third kappa shape index (κ3) is 2.50. The summed E-state index contributed by atoms with van der Waals surface area (Å²) in [7, 11) is 1.97. The van der Waals surface area contributed by atoms with Crippen molar-refractivity contribution in [1.29, 1.82) is 0 Å². The quantitative estimate of drug-likeness (QED) is 0.726. The predicted molar refractivity (Wildman–Crippen MR) is 88.5 cm³/mol. The van der Waals surface area contributed by atoms with Gasteiger partial charge in [-0.3, -0.25) is 9.48 Å². The van der Waals surface area contributed by atoms with E-state index in [-0.39, 0.29) is 5.91 Å². The monoisotopic (exact) mass is 322 g/mol. The van der Waals surface area contributed by atoms with Gasteiger partial charge in [0.1, 0.15) is 0 Å². The SMILES string of the molecule is Cn1nc(-c2ccccc2)c2c1CCN(C(=O)c1ccno1)CC2. The maximum absolute atomic E-state index is 12.5. The van der Waals surface area contributed by atoms with Crippen molar-refractivity contribution in [2.24, 2.45) is 7.05 Å². The fourth-order valence-electron chi connectivity index (χ4n) is 3.29. The summed E-state index contributed by atoms with van der Waals surface area (Å²) in [4.78, 5) is 14.3. The number of hydrogen-bond acceptors (Lipinski definition) is 4. The first-order valence-electron chi connectivity index (χ1n) is 8.04. The summed E-state index contributed by atoms with van der Waals surface area (Å²) in [5.41, 5.74) is 4.56. The smallest absolute Gasteiger partial charge is 0.292 e. The van der Waals surface area contributed by atoms with Crippen LogP contribution in [0.3, 0.4) is 0 Å². The number of rotatable bonds is 2. The number of carbonyl (C=O) groups is 1. The standard InChI is InChI=1S/C18H18N4O2/c1-21-15-9-12-22(18(23)16-7-10-19-24-16)11-8-14(15)17(20-21)13-5-3-2-4-6-13/h2-7,10H,8-9,11-12H2,1H3. The second-order valence-electron chi connectivity index (χ2n) is 5.93. The molecule has 122 valence electrons. The molecular formula is C18H18N4O2. The molecular weight excluding hydrogens is 304 g/mol. The lowest BCUT2D eigenvalue weighted by atomic mass is 10.0. The molecule has 1 aliphatic heterocycles. The number of carbonyl (C=O) groups excluding carboxylic acids is 1. The second kappa shape index (κ2) is 5.96. The van der Waals surface area contributed by atoms with Crippen molar-refractivity contribution in [3.8, 4) is 11.3 Å². The van der Waals surface area contributed by atoms with Crippen LogP contribution in [0.4, 0.5) is 0 Å². The molecule has 0 unspecified atom stereocenters. The number of aryl methyl sites for hydroxylation is 1. The Kier molecular flexibility index (Phi) is 3.65. The zero-order chi connectivity index (χ0) is 16.5. The van der Waals surface area contributed by atoms with Gasteiger partial charge in [0.2, 0.25) is 5.76 Å². The van der Waals surface area contributed by atoms with Gasteiger partial charge in [0, 0.05) is 49.4 Å². The Balaban J connectivity index is 1.63. The van der Waals surface area contributed by atoms with Crippen LogP contribution in [0, 0.1) is 0 Å². The highest BCUT2D eigenvalue weighted by molar-refractivity contribution is 5.91. The Bertz CT molecular complexity index is 853. The molecule has 0 radical (unpaired) electrons. The number of hydrogen-bond donors (Lipinski definition) is 0. The van der Waals surface area contributed by atoms with Gasteiger partial charge in [-0.15, -0.1) is 0 Å². The summed E-state index contributed by atoms with van der Waals surface area (Å²) >= 11 is 0. The zero-order valence-corrected chi connectivity index (χ0v) is 13.5. The highest BCUT2D eigenvalue weighted by Gasteiger charge is 2.26. The second-order valence-corrected chi connectivity index (χ2v) is 5.93. The molecule has 6 nitrogen and oxygen atoms in total. The molecule has 2 aromatic heterocycles. The molecule has 0 saturated carbocycles. The topological polar surface area (TPSA) is 64.2 Å². The minimum absolute atomic E-state index is 0.102. The van der Waals surface area contributed by atoms with Gasteiger partial charge in [-0.25, -0.2) is 0 Å². The van der Waals surface area contributed by atoms with E-state index in [0.717, 1.165) is 24.1 Å². The highest BCUT2D eigenvalue weighted by Crippen LogP contribution is 2.28. The maximum Gasteiger partial charge on any atom is 0.292 e. The molecule has 0 N–H and O–H groups in total. The van der Waals surface area contributed by atoms with E-state index in [1.807, 2.05) is 34.8 Å². The molecule has 1 aromatic carbocycles. The first-order chi connectivity index (χ1) is 11.7. The van der Waals surface area contributed by atoms with E-state index in [2.05, 4.69) is 17.3 Å². The normalized spacial score (nSPS) is 14.3. The van der Waals surface area contributed by atoms with Gasteiger partial charge in [-0.05, 0) is 6.42 Å². The fraction of sp³-hybridized carbons (Fsp3) is 0.278. The molecule has 3 heterocycles. The predicted octanol–water partition coefficient (Wildman–Crippen LogP) is 2.32. The molecule has 3 aromatic rings. The molecule has 1 aliphatic rings. The lowest BCUT2D eigenvalue weighted by Crippen LogP contribution is -2.33. The number of aromatic nitrogens is 3. The Morgan fingerprint density at radius 3 is 2.67 bits per heavy atom. The lowest BCUT2D eigenvalue weighted by Gasteiger charge is -2.18. The van der Waals surface area contributed by atoms with Crippen LogP contribution in [0.25, 0.3) is 11.3 Å². The molecule has 24 heavy (non-hydrogen) atoms. The van der Waals surface area contributed by atoms with Gasteiger partial charge in [-0.1, -0.05) is 35.5 Å². The van der Waals surface area contributed by atoms with Gasteiger partial charge in [0.05, 0.1) is 11.9 Å². The van der Waals surface area contributed by atoms with Crippen LogP contribution in [0.2, 0.25) is 0 Å². The molecule has 0 aliphatic carbocycles. The molecule has 0 fully saturated rings. The van der Waals surface area contributed by atoms with E-state index >= 15 is 0 Å². The Morgan fingerprint density at radius 2 is 1.92 bits per heavy atom. The van der Waals surface area contributed by atoms with E-state index in [1.165, 1.54) is 17.5 Å². The average molecular weight is 322 g/mol. The molecule has 0 bridgehead atoms. The molecule has 0 atom stereocenters. The van der Waals surface area contributed by atoms with Crippen LogP contribution in [0.5, 0.6) is 0 Å². The van der Waals surface area contributed by atoms with Crippen LogP contribution in [0.15, 0.2) is 47.1 Å². The van der Waals surface area contributed by atoms with Crippen molar-refractivity contribution in [1.82, 2.24) is 19.8 Å². The van der Waals surface area contributed by atoms with Crippen LogP contribution < -0.4 is 0 Å². The summed E-state index contributed by atoms with van der Waals surface area (Å²) in [6, 6.07) is 11.8. The molecule has 6 heteroatoms. The summed E-state index contributed by atoms with van der Waals surface area (Å²) in [5.74, 6) is 0.192. The first-order valence-corrected chi connectivity index (χ1v) is 8.04. The van der Waals surface area contributed by atoms with Gasteiger partial charge >= 0.3 is 0 Å². The van der Waals surface area contributed by atoms with Crippen LogP contribution >= 0.6 is 0 Å². The Labute approximate surface area is 139 Å². The van der Waals surface area contributed by atoms with Crippen molar-refractivity contribution in [3.05, 3.63) is 59.6 Å². The maximum atomic E-state index is 12.5. The average Bonchev–Trinajstić information content (AvgIpc) is 3.18. The number of nitrogens with zero attached hydrogens (tertiary/aromatic N) is 4. The van der Waals surface area contributed by atoms with Crippen molar-refractivity contribution in [2.75, 3.05) is 13.1 Å². The Hall–Kier alpha value is -2.89.